The molecule has 2 aliphatic rings. The maximum atomic E-state index is 15.3. The Morgan fingerprint density at radius 2 is 1.98 bits per heavy atom. The van der Waals surface area contributed by atoms with Gasteiger partial charge in [-0.3, -0.25) is 5.10 Å². The Kier molecular flexibility index (Phi) is 6.44. The standard InChI is InChI=1S/C29H32FN7O3/c1-16-13-19-20(31-16)7-8-23(26(19)30)39-27-32-21(18-9-11-37(12-10-18)28(38)40-29(2,3)4)14-24(34-27)33-25-15-22(35-36-25)17-5-6-17/h7-9,13-15,17,31H,5-6,10-12H2,1-4H3,(H2,32,33,34,35,36). The average Bonchev–Trinajstić information content (AvgIpc) is 3.53. The minimum absolute atomic E-state index is 0.000989. The van der Waals surface area contributed by atoms with E-state index in [4.69, 9.17) is 9.47 Å². The van der Waals surface area contributed by atoms with Crippen molar-refractivity contribution in [1.82, 2.24) is 30.0 Å². The van der Waals surface area contributed by atoms with Gasteiger partial charge >= 0.3 is 12.1 Å². The van der Waals surface area contributed by atoms with E-state index < -0.39 is 11.4 Å². The van der Waals surface area contributed by atoms with Crippen LogP contribution in [0.4, 0.5) is 20.8 Å². The summed E-state index contributed by atoms with van der Waals surface area (Å²) in [5.74, 6) is 1.15. The van der Waals surface area contributed by atoms with Crippen LogP contribution in [0, 0.1) is 12.7 Å². The first-order chi connectivity index (χ1) is 19.1. The van der Waals surface area contributed by atoms with E-state index in [0.717, 1.165) is 29.8 Å². The van der Waals surface area contributed by atoms with E-state index in [1.165, 1.54) is 0 Å². The Hall–Kier alpha value is -4.41. The van der Waals surface area contributed by atoms with Crippen molar-refractivity contribution in [3.05, 3.63) is 59.3 Å². The summed E-state index contributed by atoms with van der Waals surface area (Å²) in [7, 11) is 0. The molecule has 3 aromatic heterocycles. The number of nitrogens with zero attached hydrogens (tertiary/aromatic N) is 4. The molecule has 3 N–H and O–H groups in total. The van der Waals surface area contributed by atoms with E-state index in [-0.39, 0.29) is 17.9 Å². The average molecular weight is 546 g/mol. The molecule has 0 unspecified atom stereocenters. The smallest absolute Gasteiger partial charge is 0.410 e. The molecule has 4 heterocycles. The van der Waals surface area contributed by atoms with Gasteiger partial charge in [-0.15, -0.1) is 0 Å². The summed E-state index contributed by atoms with van der Waals surface area (Å²) < 4.78 is 26.7. The van der Waals surface area contributed by atoms with Crippen LogP contribution in [0.2, 0.25) is 0 Å². The van der Waals surface area contributed by atoms with Crippen molar-refractivity contribution in [2.75, 3.05) is 18.4 Å². The maximum Gasteiger partial charge on any atom is 0.410 e. The number of fused-ring (bicyclic) bond motifs is 1. The van der Waals surface area contributed by atoms with Crippen LogP contribution in [0.15, 0.2) is 36.4 Å². The molecule has 1 aliphatic carbocycles. The second kappa shape index (κ2) is 9.96. The molecule has 11 heteroatoms. The molecule has 1 amide bonds. The van der Waals surface area contributed by atoms with E-state index in [9.17, 15) is 4.79 Å². The normalized spacial score (nSPS) is 15.7. The maximum absolute atomic E-state index is 15.3. The molecule has 1 aromatic carbocycles. The van der Waals surface area contributed by atoms with Gasteiger partial charge in [-0.1, -0.05) is 6.08 Å². The lowest BCUT2D eigenvalue weighted by Crippen LogP contribution is -2.39. The number of aryl methyl sites for hydroxylation is 1. The van der Waals surface area contributed by atoms with Crippen molar-refractivity contribution in [3.63, 3.8) is 0 Å². The van der Waals surface area contributed by atoms with Crippen LogP contribution in [-0.2, 0) is 4.74 Å². The third-order valence-corrected chi connectivity index (χ3v) is 6.80. The lowest BCUT2D eigenvalue weighted by Gasteiger charge is -2.29. The third kappa shape index (κ3) is 5.63. The van der Waals surface area contributed by atoms with Gasteiger partial charge in [0.2, 0.25) is 0 Å². The summed E-state index contributed by atoms with van der Waals surface area (Å²) in [6, 6.07) is 8.84. The van der Waals surface area contributed by atoms with Crippen LogP contribution in [0.1, 0.15) is 63.0 Å². The summed E-state index contributed by atoms with van der Waals surface area (Å²) in [5.41, 5.74) is 3.60. The van der Waals surface area contributed by atoms with Gasteiger partial charge in [-0.2, -0.15) is 15.1 Å². The summed E-state index contributed by atoms with van der Waals surface area (Å²) in [4.78, 5) is 26.4. The molecule has 40 heavy (non-hydrogen) atoms. The summed E-state index contributed by atoms with van der Waals surface area (Å²) >= 11 is 0. The van der Waals surface area contributed by atoms with Crippen molar-refractivity contribution in [1.29, 1.82) is 0 Å². The van der Waals surface area contributed by atoms with Crippen molar-refractivity contribution < 1.29 is 18.7 Å². The molecule has 0 radical (unpaired) electrons. The number of nitrogens with one attached hydrogen (secondary N) is 3. The lowest BCUT2D eigenvalue weighted by molar-refractivity contribution is 0.0270. The van der Waals surface area contributed by atoms with Crippen LogP contribution in [0.5, 0.6) is 11.8 Å². The quantitative estimate of drug-likeness (QED) is 0.251. The molecular formula is C29H32FN7O3. The zero-order chi connectivity index (χ0) is 28.0. The van der Waals surface area contributed by atoms with Crippen LogP contribution >= 0.6 is 0 Å². The van der Waals surface area contributed by atoms with E-state index in [1.54, 1.807) is 23.1 Å². The van der Waals surface area contributed by atoms with Crippen molar-refractivity contribution in [3.8, 4) is 11.8 Å². The van der Waals surface area contributed by atoms with Crippen LogP contribution < -0.4 is 10.1 Å². The number of H-pyrrole nitrogens is 2. The minimum Gasteiger partial charge on any atom is -0.444 e. The number of hydrogen-bond donors (Lipinski definition) is 3. The fraction of sp³-hybridized carbons (Fsp3) is 0.379. The Labute approximate surface area is 231 Å². The Morgan fingerprint density at radius 1 is 1.15 bits per heavy atom. The van der Waals surface area contributed by atoms with Crippen molar-refractivity contribution in [2.45, 2.75) is 58.5 Å². The second-order valence-corrected chi connectivity index (χ2v) is 11.3. The molecule has 10 nitrogen and oxygen atoms in total. The van der Waals surface area contributed by atoms with E-state index in [2.05, 4.69) is 30.5 Å². The molecule has 1 aliphatic heterocycles. The van der Waals surface area contributed by atoms with Crippen molar-refractivity contribution in [2.24, 2.45) is 0 Å². The number of ether oxygens (including phenoxy) is 2. The fourth-order valence-electron chi connectivity index (χ4n) is 4.69. The van der Waals surface area contributed by atoms with E-state index in [1.807, 2.05) is 45.9 Å². The predicted molar refractivity (Wildman–Crippen MR) is 149 cm³/mol. The summed E-state index contributed by atoms with van der Waals surface area (Å²) in [6.45, 7) is 8.27. The summed E-state index contributed by atoms with van der Waals surface area (Å²) in [5, 5.41) is 11.1. The first-order valence-corrected chi connectivity index (χ1v) is 13.5. The number of amides is 1. The Balaban J connectivity index is 1.29. The lowest BCUT2D eigenvalue weighted by atomic mass is 10.0. The molecule has 6 rings (SSSR count). The number of aromatic amines is 2. The molecule has 0 bridgehead atoms. The molecule has 0 saturated heterocycles. The molecule has 1 saturated carbocycles. The monoisotopic (exact) mass is 545 g/mol. The SMILES string of the molecule is Cc1cc2c(F)c(Oc3nc(Nc4cc(C5CC5)[nH]n4)cc(C4=CCN(C(=O)OC(C)(C)C)CC4)n3)ccc2[nH]1. The zero-order valence-corrected chi connectivity index (χ0v) is 23.0. The van der Waals surface area contributed by atoms with Crippen molar-refractivity contribution >= 4 is 34.2 Å². The van der Waals surface area contributed by atoms with Gasteiger partial charge in [0.05, 0.1) is 5.69 Å². The van der Waals surface area contributed by atoms with E-state index >= 15 is 4.39 Å². The molecular weight excluding hydrogens is 513 g/mol. The van der Waals surface area contributed by atoms with Gasteiger partial charge in [0.15, 0.2) is 17.4 Å². The minimum atomic E-state index is -0.566. The topological polar surface area (TPSA) is 121 Å². The molecule has 4 aromatic rings. The molecule has 1 fully saturated rings. The highest BCUT2D eigenvalue weighted by atomic mass is 19.1. The Morgan fingerprint density at radius 3 is 2.70 bits per heavy atom. The summed E-state index contributed by atoms with van der Waals surface area (Å²) in [6.07, 6.45) is 4.46. The van der Waals surface area contributed by atoms with Crippen LogP contribution in [-0.4, -0.2) is 54.8 Å². The number of halogens is 1. The van der Waals surface area contributed by atoms with Gasteiger partial charge in [0.25, 0.3) is 0 Å². The highest BCUT2D eigenvalue weighted by molar-refractivity contribution is 5.83. The molecule has 208 valence electrons. The van der Waals surface area contributed by atoms with Gasteiger partial charge in [-0.05, 0) is 70.7 Å². The van der Waals surface area contributed by atoms with Crippen LogP contribution in [0.3, 0.4) is 0 Å². The first kappa shape index (κ1) is 25.8. The fourth-order valence-corrected chi connectivity index (χ4v) is 4.69. The third-order valence-electron chi connectivity index (χ3n) is 6.80. The number of anilines is 2. The molecule has 0 spiro atoms. The Bertz CT molecular complexity index is 1610. The number of benzene rings is 1. The largest absolute Gasteiger partial charge is 0.444 e. The number of aromatic nitrogens is 5. The first-order valence-electron chi connectivity index (χ1n) is 13.5. The highest BCUT2D eigenvalue weighted by Gasteiger charge is 2.27. The van der Waals surface area contributed by atoms with Gasteiger partial charge in [-0.25, -0.2) is 9.18 Å². The van der Waals surface area contributed by atoms with Gasteiger partial charge in [0, 0.05) is 53.4 Å². The number of rotatable bonds is 6. The second-order valence-electron chi connectivity index (χ2n) is 11.3. The molecule has 0 atom stereocenters. The van der Waals surface area contributed by atoms with E-state index in [0.29, 0.717) is 53.7 Å². The zero-order valence-electron chi connectivity index (χ0n) is 23.0. The number of hydrogen-bond acceptors (Lipinski definition) is 7. The van der Waals surface area contributed by atoms with Crippen LogP contribution in [0.25, 0.3) is 16.5 Å². The number of carbonyl (C=O) groups excluding carboxylic acids is 1. The predicted octanol–water partition coefficient (Wildman–Crippen LogP) is 6.57. The highest BCUT2D eigenvalue weighted by Crippen LogP contribution is 2.40. The number of carbonyl (C=O) groups is 1. The van der Waals surface area contributed by atoms with Gasteiger partial charge < -0.3 is 24.7 Å². The van der Waals surface area contributed by atoms with Gasteiger partial charge in [0.1, 0.15) is 11.4 Å².